The molecular formula is C16H25NO2. The molecule has 1 unspecified atom stereocenters. The van der Waals surface area contributed by atoms with Gasteiger partial charge in [0.2, 0.25) is 0 Å². The zero-order valence-corrected chi connectivity index (χ0v) is 12.6. The van der Waals surface area contributed by atoms with Crippen LogP contribution in [-0.2, 0) is 5.41 Å². The van der Waals surface area contributed by atoms with Crippen molar-refractivity contribution in [3.05, 3.63) is 35.4 Å². The molecule has 0 radical (unpaired) electrons. The van der Waals surface area contributed by atoms with Gasteiger partial charge in [0.1, 0.15) is 0 Å². The van der Waals surface area contributed by atoms with Crippen molar-refractivity contribution in [1.82, 2.24) is 5.32 Å². The number of carbonyl (C=O) groups excluding carboxylic acids is 1. The second-order valence-electron chi connectivity index (χ2n) is 6.32. The minimum absolute atomic E-state index is 0.0626. The van der Waals surface area contributed by atoms with Crippen LogP contribution in [0.5, 0.6) is 0 Å². The van der Waals surface area contributed by atoms with Gasteiger partial charge in [0.25, 0.3) is 5.91 Å². The van der Waals surface area contributed by atoms with Gasteiger partial charge >= 0.3 is 0 Å². The van der Waals surface area contributed by atoms with Crippen molar-refractivity contribution in [3.63, 3.8) is 0 Å². The fourth-order valence-electron chi connectivity index (χ4n) is 1.92. The minimum Gasteiger partial charge on any atom is -0.394 e. The van der Waals surface area contributed by atoms with Crippen LogP contribution in [0.3, 0.4) is 0 Å². The lowest BCUT2D eigenvalue weighted by molar-refractivity contribution is 0.0845. The Labute approximate surface area is 116 Å². The number of nitrogens with one attached hydrogen (secondary N) is 1. The predicted molar refractivity (Wildman–Crippen MR) is 78.4 cm³/mol. The molecule has 0 aromatic heterocycles. The second-order valence-corrected chi connectivity index (χ2v) is 6.32. The van der Waals surface area contributed by atoms with Gasteiger partial charge in [-0.1, -0.05) is 45.9 Å². The SMILES string of the molecule is CCC(C)(CO)NC(=O)c1ccccc1C(C)(C)C. The average Bonchev–Trinajstić information content (AvgIpc) is 2.37. The number of amides is 1. The average molecular weight is 263 g/mol. The summed E-state index contributed by atoms with van der Waals surface area (Å²) < 4.78 is 0. The Balaban J connectivity index is 3.08. The quantitative estimate of drug-likeness (QED) is 0.877. The van der Waals surface area contributed by atoms with Crippen LogP contribution >= 0.6 is 0 Å². The van der Waals surface area contributed by atoms with Crippen molar-refractivity contribution in [2.75, 3.05) is 6.61 Å². The molecule has 1 rings (SSSR count). The lowest BCUT2D eigenvalue weighted by Crippen LogP contribution is -2.48. The zero-order chi connectivity index (χ0) is 14.7. The summed E-state index contributed by atoms with van der Waals surface area (Å²) >= 11 is 0. The van der Waals surface area contributed by atoms with E-state index in [1.807, 2.05) is 38.1 Å². The minimum atomic E-state index is -0.567. The molecule has 0 spiro atoms. The number of carbonyl (C=O) groups is 1. The first kappa shape index (κ1) is 15.7. The molecule has 0 bridgehead atoms. The molecule has 19 heavy (non-hydrogen) atoms. The number of hydrogen-bond acceptors (Lipinski definition) is 2. The van der Waals surface area contributed by atoms with Gasteiger partial charge in [-0.3, -0.25) is 4.79 Å². The van der Waals surface area contributed by atoms with Crippen LogP contribution in [0.15, 0.2) is 24.3 Å². The standard InChI is InChI=1S/C16H25NO2/c1-6-16(5,11-18)17-14(19)12-9-7-8-10-13(12)15(2,3)4/h7-10,18H,6,11H2,1-5H3,(H,17,19). The smallest absolute Gasteiger partial charge is 0.252 e. The summed E-state index contributed by atoms with van der Waals surface area (Å²) in [5.41, 5.74) is 1.05. The molecule has 0 aliphatic heterocycles. The second kappa shape index (κ2) is 5.74. The largest absolute Gasteiger partial charge is 0.394 e. The maximum Gasteiger partial charge on any atom is 0.252 e. The molecular weight excluding hydrogens is 238 g/mol. The molecule has 1 aromatic carbocycles. The summed E-state index contributed by atoms with van der Waals surface area (Å²) in [7, 11) is 0. The van der Waals surface area contributed by atoms with Crippen LogP contribution in [-0.4, -0.2) is 23.2 Å². The topological polar surface area (TPSA) is 49.3 Å². The van der Waals surface area contributed by atoms with Gasteiger partial charge in [0.15, 0.2) is 0 Å². The maximum atomic E-state index is 12.4. The molecule has 0 fully saturated rings. The van der Waals surface area contributed by atoms with Crippen LogP contribution < -0.4 is 5.32 Å². The van der Waals surface area contributed by atoms with E-state index in [0.717, 1.165) is 5.56 Å². The van der Waals surface area contributed by atoms with Gasteiger partial charge < -0.3 is 10.4 Å². The highest BCUT2D eigenvalue weighted by Gasteiger charge is 2.27. The first-order chi connectivity index (χ1) is 8.73. The Kier molecular flexibility index (Phi) is 4.75. The summed E-state index contributed by atoms with van der Waals surface area (Å²) in [5.74, 6) is -0.121. The first-order valence-corrected chi connectivity index (χ1v) is 6.76. The number of hydrogen-bond donors (Lipinski definition) is 2. The summed E-state index contributed by atoms with van der Waals surface area (Å²) in [4.78, 5) is 12.4. The maximum absolute atomic E-state index is 12.4. The van der Waals surface area contributed by atoms with Crippen LogP contribution in [0.25, 0.3) is 0 Å². The van der Waals surface area contributed by atoms with Gasteiger partial charge in [0.05, 0.1) is 12.1 Å². The Morgan fingerprint density at radius 1 is 1.21 bits per heavy atom. The lowest BCUT2D eigenvalue weighted by atomic mass is 9.83. The van der Waals surface area contributed by atoms with Gasteiger partial charge in [-0.05, 0) is 30.4 Å². The number of rotatable bonds is 4. The summed E-state index contributed by atoms with van der Waals surface area (Å²) in [6.45, 7) is 10.0. The van der Waals surface area contributed by atoms with E-state index in [1.165, 1.54) is 0 Å². The Bertz CT molecular complexity index is 442. The molecule has 1 amide bonds. The fraction of sp³-hybridized carbons (Fsp3) is 0.562. The van der Waals surface area contributed by atoms with Crippen molar-refractivity contribution >= 4 is 5.91 Å². The normalized spacial score (nSPS) is 14.8. The number of aliphatic hydroxyl groups excluding tert-OH is 1. The lowest BCUT2D eigenvalue weighted by Gasteiger charge is -2.29. The van der Waals surface area contributed by atoms with E-state index >= 15 is 0 Å². The third-order valence-electron chi connectivity index (χ3n) is 3.52. The molecule has 1 atom stereocenters. The molecule has 0 saturated heterocycles. The van der Waals surface area contributed by atoms with Gasteiger partial charge in [-0.15, -0.1) is 0 Å². The van der Waals surface area contributed by atoms with Crippen molar-refractivity contribution in [2.45, 2.75) is 52.0 Å². The van der Waals surface area contributed by atoms with E-state index in [9.17, 15) is 9.90 Å². The van der Waals surface area contributed by atoms with E-state index in [4.69, 9.17) is 0 Å². The number of benzene rings is 1. The van der Waals surface area contributed by atoms with E-state index in [0.29, 0.717) is 12.0 Å². The summed E-state index contributed by atoms with van der Waals surface area (Å²) in [6.07, 6.45) is 0.687. The fourth-order valence-corrected chi connectivity index (χ4v) is 1.92. The number of aliphatic hydroxyl groups is 1. The van der Waals surface area contributed by atoms with Crippen LogP contribution in [0, 0.1) is 0 Å². The molecule has 0 aliphatic carbocycles. The molecule has 0 heterocycles. The molecule has 0 saturated carbocycles. The molecule has 3 heteroatoms. The highest BCUT2D eigenvalue weighted by atomic mass is 16.3. The van der Waals surface area contributed by atoms with Gasteiger partial charge in [-0.2, -0.15) is 0 Å². The van der Waals surface area contributed by atoms with E-state index in [2.05, 4.69) is 26.1 Å². The van der Waals surface area contributed by atoms with E-state index in [-0.39, 0.29) is 17.9 Å². The molecule has 2 N–H and O–H groups in total. The van der Waals surface area contributed by atoms with Crippen LogP contribution in [0.4, 0.5) is 0 Å². The van der Waals surface area contributed by atoms with Crippen molar-refractivity contribution in [3.8, 4) is 0 Å². The third-order valence-corrected chi connectivity index (χ3v) is 3.52. The summed E-state index contributed by atoms with van der Waals surface area (Å²) in [5, 5.41) is 12.3. The summed E-state index contributed by atoms with van der Waals surface area (Å²) in [6, 6.07) is 7.63. The van der Waals surface area contributed by atoms with Gasteiger partial charge in [0, 0.05) is 5.56 Å². The first-order valence-electron chi connectivity index (χ1n) is 6.76. The third kappa shape index (κ3) is 3.80. The molecule has 3 nitrogen and oxygen atoms in total. The van der Waals surface area contributed by atoms with Crippen molar-refractivity contribution < 1.29 is 9.90 Å². The zero-order valence-electron chi connectivity index (χ0n) is 12.6. The highest BCUT2D eigenvalue weighted by molar-refractivity contribution is 5.96. The highest BCUT2D eigenvalue weighted by Crippen LogP contribution is 2.26. The van der Waals surface area contributed by atoms with Gasteiger partial charge in [-0.25, -0.2) is 0 Å². The van der Waals surface area contributed by atoms with Crippen molar-refractivity contribution in [2.24, 2.45) is 0 Å². The van der Waals surface area contributed by atoms with Crippen LogP contribution in [0.2, 0.25) is 0 Å². The Hall–Kier alpha value is -1.35. The van der Waals surface area contributed by atoms with E-state index in [1.54, 1.807) is 0 Å². The monoisotopic (exact) mass is 263 g/mol. The molecule has 106 valence electrons. The predicted octanol–water partition coefficient (Wildman–Crippen LogP) is 2.87. The molecule has 0 aliphatic rings. The van der Waals surface area contributed by atoms with Crippen LogP contribution in [0.1, 0.15) is 57.0 Å². The molecule has 1 aromatic rings. The van der Waals surface area contributed by atoms with E-state index < -0.39 is 5.54 Å². The Morgan fingerprint density at radius 3 is 2.26 bits per heavy atom. The Morgan fingerprint density at radius 2 is 1.79 bits per heavy atom. The van der Waals surface area contributed by atoms with Crippen molar-refractivity contribution in [1.29, 1.82) is 0 Å².